The van der Waals surface area contributed by atoms with E-state index in [1.54, 1.807) is 17.4 Å². The van der Waals surface area contributed by atoms with Gasteiger partial charge >= 0.3 is 6.01 Å². The zero-order valence-electron chi connectivity index (χ0n) is 36.1. The number of thiophene rings is 1. The van der Waals surface area contributed by atoms with E-state index < -0.39 is 0 Å². The van der Waals surface area contributed by atoms with Gasteiger partial charge in [0.2, 0.25) is 5.91 Å². The second-order valence-corrected chi connectivity index (χ2v) is 18.7. The summed E-state index contributed by atoms with van der Waals surface area (Å²) in [7, 11) is 0. The van der Waals surface area contributed by atoms with Gasteiger partial charge in [0.05, 0.1) is 17.0 Å². The van der Waals surface area contributed by atoms with Crippen LogP contribution >= 0.6 is 22.9 Å². The van der Waals surface area contributed by atoms with Crippen molar-refractivity contribution in [2.75, 3.05) is 39.3 Å². The first-order chi connectivity index (χ1) is 30.5. The van der Waals surface area contributed by atoms with E-state index in [0.29, 0.717) is 34.2 Å². The van der Waals surface area contributed by atoms with Crippen molar-refractivity contribution in [1.29, 1.82) is 0 Å². The van der Waals surface area contributed by atoms with E-state index in [0.717, 1.165) is 111 Å². The van der Waals surface area contributed by atoms with Crippen LogP contribution in [0.25, 0.3) is 22.1 Å². The van der Waals surface area contributed by atoms with Crippen LogP contribution in [-0.4, -0.2) is 106 Å². The van der Waals surface area contributed by atoms with Gasteiger partial charge in [-0.1, -0.05) is 47.9 Å². The summed E-state index contributed by atoms with van der Waals surface area (Å²) in [6, 6.07) is 18.2. The number of phenols is 2. The highest BCUT2D eigenvalue weighted by Crippen LogP contribution is 2.40. The second-order valence-electron chi connectivity index (χ2n) is 17.1. The lowest BCUT2D eigenvalue weighted by Crippen LogP contribution is -2.41. The fraction of sp³-hybridized carbons (Fsp3) is 0.404. The smallest absolute Gasteiger partial charge is 0.319 e. The predicted molar refractivity (Wildman–Crippen MR) is 245 cm³/mol. The highest BCUT2D eigenvalue weighted by atomic mass is 35.5. The van der Waals surface area contributed by atoms with Crippen LogP contribution in [-0.2, 0) is 17.8 Å². The Bertz CT molecular complexity index is 2660. The molecule has 3 aliphatic rings. The lowest BCUT2D eigenvalue weighted by Gasteiger charge is -2.33. The van der Waals surface area contributed by atoms with Gasteiger partial charge in [-0.05, 0) is 132 Å². The first kappa shape index (κ1) is 42.7. The van der Waals surface area contributed by atoms with Gasteiger partial charge < -0.3 is 25.5 Å². The lowest BCUT2D eigenvalue weighted by molar-refractivity contribution is -0.136. The molecule has 1 amide bonds. The third kappa shape index (κ3) is 8.46. The number of rotatable bonds is 12. The summed E-state index contributed by atoms with van der Waals surface area (Å²) in [6.07, 6.45) is 3.98. The van der Waals surface area contributed by atoms with Gasteiger partial charge in [-0.3, -0.25) is 19.3 Å². The molecule has 16 heteroatoms. The molecule has 0 aliphatic carbocycles. The fourth-order valence-electron chi connectivity index (χ4n) is 9.31. The molecule has 4 N–H and O–H groups in total. The summed E-state index contributed by atoms with van der Waals surface area (Å²) in [5.74, 6) is 2.57. The second kappa shape index (κ2) is 17.9. The SMILES string of the molecule is CCc1cc(-c2nnc(O)n2-c2ccc(CN3CCC(C(=O)N4CCC(CNCC[C@@H]5N=C(c6ccc(Cl)cc6)c6c(sc(C)c6C)-n6c(C)nnc65)C4)CC3)cc2)c(O)cc1O. The number of hydrogen-bond donors (Lipinski definition) is 4. The Hall–Kier alpha value is -5.61. The van der Waals surface area contributed by atoms with Crippen LogP contribution in [0.1, 0.15) is 83.0 Å². The molecule has 1 unspecified atom stereocenters. The maximum atomic E-state index is 13.8. The Morgan fingerprint density at radius 2 is 1.65 bits per heavy atom. The number of aromatic nitrogens is 6. The van der Waals surface area contributed by atoms with Crippen molar-refractivity contribution in [3.63, 3.8) is 0 Å². The summed E-state index contributed by atoms with van der Waals surface area (Å²) in [5.41, 5.74) is 7.13. The van der Waals surface area contributed by atoms with Crippen LogP contribution in [0.5, 0.6) is 17.5 Å². The quantitative estimate of drug-likeness (QED) is 0.0905. The Labute approximate surface area is 375 Å². The Balaban J connectivity index is 0.765. The number of carbonyl (C=O) groups is 1. The molecule has 0 spiro atoms. The van der Waals surface area contributed by atoms with Crippen LogP contribution in [0.15, 0.2) is 65.7 Å². The molecule has 3 aromatic carbocycles. The molecule has 3 aromatic heterocycles. The monoisotopic (exact) mass is 888 g/mol. The molecule has 2 fully saturated rings. The Morgan fingerprint density at radius 1 is 0.889 bits per heavy atom. The van der Waals surface area contributed by atoms with E-state index in [-0.39, 0.29) is 41.2 Å². The number of carbonyl (C=O) groups excluding carboxylic acids is 1. The van der Waals surface area contributed by atoms with Gasteiger partial charge in [0.15, 0.2) is 11.6 Å². The molecule has 0 bridgehead atoms. The molecule has 6 heterocycles. The highest BCUT2D eigenvalue weighted by Gasteiger charge is 2.34. The largest absolute Gasteiger partial charge is 0.508 e. The molecule has 6 aromatic rings. The number of aliphatic imine (C=N–C) groups is 1. The van der Waals surface area contributed by atoms with Crippen LogP contribution in [0.2, 0.25) is 5.02 Å². The number of hydrogen-bond acceptors (Lipinski definition) is 12. The summed E-state index contributed by atoms with van der Waals surface area (Å²) in [6.45, 7) is 13.9. The molecule has 63 heavy (non-hydrogen) atoms. The number of piperidine rings is 1. The van der Waals surface area contributed by atoms with E-state index in [1.807, 2.05) is 62.4 Å². The van der Waals surface area contributed by atoms with E-state index in [1.165, 1.54) is 21.1 Å². The van der Waals surface area contributed by atoms with Crippen molar-refractivity contribution >= 4 is 34.6 Å². The Kier molecular flexibility index (Phi) is 12.1. The number of fused-ring (bicyclic) bond motifs is 3. The topological polar surface area (TPSA) is 170 Å². The van der Waals surface area contributed by atoms with Crippen molar-refractivity contribution in [1.82, 2.24) is 44.6 Å². The zero-order valence-corrected chi connectivity index (χ0v) is 37.6. The third-order valence-corrected chi connectivity index (χ3v) is 14.4. The number of halogens is 1. The minimum Gasteiger partial charge on any atom is -0.508 e. The summed E-state index contributed by atoms with van der Waals surface area (Å²) in [5, 5.41) is 54.1. The van der Waals surface area contributed by atoms with E-state index in [9.17, 15) is 20.1 Å². The van der Waals surface area contributed by atoms with E-state index in [4.69, 9.17) is 16.6 Å². The standard InChI is InChI=1S/C47H53ClN10O4S/c1-5-32-22-37(40(60)23-39(32)59)43-52-54-47(62)58(43)36-12-6-30(7-13-36)25-55-19-16-34(17-20-55)45(61)56-21-15-31(26-56)24-49-18-14-38-44-53-51-29(4)57(44)46-41(27(2)28(3)63-46)42(50-38)33-8-10-35(48)11-9-33/h6-13,22-23,31,34,38,49,59-60H,5,14-21,24-26H2,1-4H3,(H,54,62)/t31?,38-/m0/s1. The molecule has 2 atom stereocenters. The van der Waals surface area contributed by atoms with Crippen LogP contribution in [0.4, 0.5) is 0 Å². The highest BCUT2D eigenvalue weighted by molar-refractivity contribution is 7.15. The molecule has 328 valence electrons. The average molecular weight is 890 g/mol. The van der Waals surface area contributed by atoms with Crippen LogP contribution in [0.3, 0.4) is 0 Å². The molecule has 9 rings (SSSR count). The van der Waals surface area contributed by atoms with Gasteiger partial charge in [-0.15, -0.1) is 26.6 Å². The molecule has 3 aliphatic heterocycles. The van der Waals surface area contributed by atoms with Gasteiger partial charge in [-0.25, -0.2) is 4.57 Å². The number of likely N-dealkylation sites (tertiary alicyclic amines) is 2. The first-order valence-electron chi connectivity index (χ1n) is 21.8. The number of aromatic hydroxyl groups is 3. The van der Waals surface area contributed by atoms with Crippen molar-refractivity contribution in [3.8, 4) is 39.6 Å². The van der Waals surface area contributed by atoms with E-state index in [2.05, 4.69) is 53.9 Å². The van der Waals surface area contributed by atoms with Gasteiger partial charge in [0.1, 0.15) is 28.4 Å². The third-order valence-electron chi connectivity index (χ3n) is 13.0. The average Bonchev–Trinajstić information content (AvgIpc) is 4.06. The number of nitrogens with zero attached hydrogens (tertiary/aromatic N) is 9. The van der Waals surface area contributed by atoms with Crippen LogP contribution in [0, 0.1) is 32.6 Å². The van der Waals surface area contributed by atoms with Crippen molar-refractivity contribution in [3.05, 3.63) is 110 Å². The Morgan fingerprint density at radius 3 is 2.40 bits per heavy atom. The zero-order chi connectivity index (χ0) is 43.9. The van der Waals surface area contributed by atoms with E-state index >= 15 is 0 Å². The predicted octanol–water partition coefficient (Wildman–Crippen LogP) is 7.47. The molecule has 14 nitrogen and oxygen atoms in total. The van der Waals surface area contributed by atoms with Crippen molar-refractivity contribution < 1.29 is 20.1 Å². The molecule has 0 saturated carbocycles. The number of phenolic OH excluding ortho intramolecular Hbond substituents is 2. The lowest BCUT2D eigenvalue weighted by atomic mass is 9.95. The van der Waals surface area contributed by atoms with Gasteiger partial charge in [0.25, 0.3) is 0 Å². The first-order valence-corrected chi connectivity index (χ1v) is 23.0. The molecule has 2 saturated heterocycles. The summed E-state index contributed by atoms with van der Waals surface area (Å²) < 4.78 is 3.67. The normalized spacial score (nSPS) is 18.0. The maximum absolute atomic E-state index is 13.8. The molecular weight excluding hydrogens is 836 g/mol. The van der Waals surface area contributed by atoms with Crippen molar-refractivity contribution in [2.45, 2.75) is 72.4 Å². The summed E-state index contributed by atoms with van der Waals surface area (Å²) in [4.78, 5) is 24.9. The van der Waals surface area contributed by atoms with Gasteiger partial charge in [0, 0.05) is 52.6 Å². The summed E-state index contributed by atoms with van der Waals surface area (Å²) >= 11 is 8.05. The molecule has 0 radical (unpaired) electrons. The number of benzene rings is 3. The maximum Gasteiger partial charge on any atom is 0.319 e. The van der Waals surface area contributed by atoms with Crippen LogP contribution < -0.4 is 5.32 Å². The number of aryl methyl sites for hydroxylation is 3. The minimum absolute atomic E-state index is 0.00472. The number of nitrogens with one attached hydrogen (secondary N) is 1. The van der Waals surface area contributed by atoms with Gasteiger partial charge in [-0.2, -0.15) is 0 Å². The molecular formula is C47H53ClN10O4S. The minimum atomic E-state index is -0.300. The van der Waals surface area contributed by atoms with Crippen molar-refractivity contribution in [2.24, 2.45) is 16.8 Å². The fourth-order valence-corrected chi connectivity index (χ4v) is 10.7. The number of amides is 1.